The van der Waals surface area contributed by atoms with Crippen LogP contribution in [0.15, 0.2) is 48.8 Å². The van der Waals surface area contributed by atoms with Gasteiger partial charge in [-0.3, -0.25) is 15.1 Å². The van der Waals surface area contributed by atoms with Crippen molar-refractivity contribution in [3.8, 4) is 11.3 Å². The minimum atomic E-state index is -0.950. The summed E-state index contributed by atoms with van der Waals surface area (Å²) in [6, 6.07) is 10.6. The van der Waals surface area contributed by atoms with Crippen molar-refractivity contribution in [3.05, 3.63) is 60.2 Å². The van der Waals surface area contributed by atoms with Crippen LogP contribution in [0.5, 0.6) is 0 Å². The summed E-state index contributed by atoms with van der Waals surface area (Å²) in [6.45, 7) is 7.54. The lowest BCUT2D eigenvalue weighted by molar-refractivity contribution is 0.0493. The van der Waals surface area contributed by atoms with Crippen molar-refractivity contribution in [3.63, 3.8) is 0 Å². The van der Waals surface area contributed by atoms with E-state index in [2.05, 4.69) is 25.6 Å². The fourth-order valence-electron chi connectivity index (χ4n) is 4.26. The van der Waals surface area contributed by atoms with Crippen molar-refractivity contribution in [1.82, 2.24) is 25.6 Å². The van der Waals surface area contributed by atoms with Crippen LogP contribution in [-0.2, 0) is 14.9 Å². The third kappa shape index (κ3) is 6.22. The number of nitrogens with zero attached hydrogens (tertiary/aromatic N) is 4. The van der Waals surface area contributed by atoms with Gasteiger partial charge in [-0.15, -0.1) is 0 Å². The molecule has 1 aliphatic rings. The number of hydrogen-bond acceptors (Lipinski definition) is 8. The molecule has 10 nitrogen and oxygen atoms in total. The van der Waals surface area contributed by atoms with Gasteiger partial charge in [0.2, 0.25) is 0 Å². The minimum Gasteiger partial charge on any atom is -0.461 e. The zero-order valence-electron chi connectivity index (χ0n) is 21.3. The van der Waals surface area contributed by atoms with Gasteiger partial charge in [0.15, 0.2) is 0 Å². The summed E-state index contributed by atoms with van der Waals surface area (Å²) < 4.78 is 24.6. The molecular formula is C26H31FN6O4. The molecule has 1 amide bonds. The van der Waals surface area contributed by atoms with Gasteiger partial charge in [0.1, 0.15) is 23.3 Å². The Morgan fingerprint density at radius 3 is 2.59 bits per heavy atom. The molecule has 0 atom stereocenters. The lowest BCUT2D eigenvalue weighted by Crippen LogP contribution is -2.56. The van der Waals surface area contributed by atoms with Crippen LogP contribution in [0, 0.1) is 0 Å². The van der Waals surface area contributed by atoms with Gasteiger partial charge in [0.25, 0.3) is 0 Å². The van der Waals surface area contributed by atoms with Crippen LogP contribution in [-0.4, -0.2) is 57.2 Å². The number of anilines is 1. The van der Waals surface area contributed by atoms with Gasteiger partial charge < -0.3 is 9.47 Å². The first-order valence-corrected chi connectivity index (χ1v) is 12.1. The van der Waals surface area contributed by atoms with Crippen LogP contribution >= 0.6 is 0 Å². The smallest absolute Gasteiger partial charge is 0.426 e. The zero-order valence-corrected chi connectivity index (χ0v) is 21.3. The molecule has 1 aliphatic carbocycles. The first-order valence-electron chi connectivity index (χ1n) is 12.1. The summed E-state index contributed by atoms with van der Waals surface area (Å²) in [5, 5.41) is 8.39. The van der Waals surface area contributed by atoms with E-state index in [1.807, 2.05) is 18.2 Å². The van der Waals surface area contributed by atoms with E-state index in [4.69, 9.17) is 9.47 Å². The molecule has 0 aromatic carbocycles. The Morgan fingerprint density at radius 1 is 1.22 bits per heavy atom. The molecule has 0 spiro atoms. The number of esters is 1. The molecule has 196 valence electrons. The second kappa shape index (κ2) is 10.5. The normalized spacial score (nSPS) is 19.0. The molecule has 3 aromatic heterocycles. The minimum absolute atomic E-state index is 0.234. The maximum Gasteiger partial charge on any atom is 0.426 e. The summed E-state index contributed by atoms with van der Waals surface area (Å²) in [7, 11) is 0. The van der Waals surface area contributed by atoms with Crippen LogP contribution in [0.3, 0.4) is 0 Å². The summed E-state index contributed by atoms with van der Waals surface area (Å²) in [5.74, 6) is -0.0709. The standard InChI is InChI=1S/C26H31FN6O4/c1-5-36-23(34)20-12-19(30-31-20)17-9-10-22(29-15-17)33(32-24(35)37-25(2,3)4)16-26(13-18(27)14-26)21-8-6-7-11-28-21/h6-12,15,18H,5,13-14,16H2,1-4H3,(H,30,31)(H,32,35). The Kier molecular flexibility index (Phi) is 7.42. The Morgan fingerprint density at radius 2 is 2.00 bits per heavy atom. The van der Waals surface area contributed by atoms with Crippen molar-refractivity contribution in [1.29, 1.82) is 0 Å². The Balaban J connectivity index is 1.60. The largest absolute Gasteiger partial charge is 0.461 e. The Hall–Kier alpha value is -4.02. The number of hydrogen-bond donors (Lipinski definition) is 2. The molecule has 0 radical (unpaired) electrons. The van der Waals surface area contributed by atoms with E-state index in [0.29, 0.717) is 17.1 Å². The monoisotopic (exact) mass is 510 g/mol. The quantitative estimate of drug-likeness (QED) is 0.339. The van der Waals surface area contributed by atoms with Crippen LogP contribution in [0.25, 0.3) is 11.3 Å². The van der Waals surface area contributed by atoms with Crippen molar-refractivity contribution in [2.75, 3.05) is 18.2 Å². The second-order valence-electron chi connectivity index (χ2n) is 9.99. The molecule has 0 aliphatic heterocycles. The zero-order chi connectivity index (χ0) is 26.6. The number of H-pyrrole nitrogens is 1. The highest BCUT2D eigenvalue weighted by Crippen LogP contribution is 2.45. The first kappa shape index (κ1) is 26.1. The maximum absolute atomic E-state index is 14.2. The predicted octanol–water partition coefficient (Wildman–Crippen LogP) is 4.36. The van der Waals surface area contributed by atoms with Crippen molar-refractivity contribution in [2.24, 2.45) is 0 Å². The van der Waals surface area contributed by atoms with Gasteiger partial charge in [-0.05, 0) is 70.9 Å². The molecule has 4 rings (SSSR count). The van der Waals surface area contributed by atoms with E-state index in [1.165, 1.54) is 0 Å². The van der Waals surface area contributed by atoms with Gasteiger partial charge in [-0.2, -0.15) is 5.10 Å². The molecule has 3 aromatic rings. The van der Waals surface area contributed by atoms with Crippen molar-refractivity contribution in [2.45, 2.75) is 57.7 Å². The Labute approximate surface area is 214 Å². The third-order valence-electron chi connectivity index (χ3n) is 5.91. The number of aromatic amines is 1. The highest BCUT2D eigenvalue weighted by Gasteiger charge is 2.48. The van der Waals surface area contributed by atoms with Crippen LogP contribution in [0.2, 0.25) is 0 Å². The highest BCUT2D eigenvalue weighted by atomic mass is 19.1. The molecular weight excluding hydrogens is 479 g/mol. The number of hydrazine groups is 1. The number of aromatic nitrogens is 4. The number of carbonyl (C=O) groups is 2. The van der Waals surface area contributed by atoms with Gasteiger partial charge in [-0.1, -0.05) is 6.07 Å². The lowest BCUT2D eigenvalue weighted by atomic mass is 9.65. The molecule has 1 saturated carbocycles. The van der Waals surface area contributed by atoms with Crippen LogP contribution < -0.4 is 10.4 Å². The van der Waals surface area contributed by atoms with E-state index in [1.54, 1.807) is 63.3 Å². The topological polar surface area (TPSA) is 122 Å². The molecule has 11 heteroatoms. The molecule has 2 N–H and O–H groups in total. The number of pyridine rings is 2. The lowest BCUT2D eigenvalue weighted by Gasteiger charge is -2.46. The summed E-state index contributed by atoms with van der Waals surface area (Å²) in [5.41, 5.74) is 3.60. The summed E-state index contributed by atoms with van der Waals surface area (Å²) in [4.78, 5) is 33.6. The van der Waals surface area contributed by atoms with Crippen LogP contribution in [0.4, 0.5) is 15.0 Å². The number of nitrogens with one attached hydrogen (secondary N) is 2. The van der Waals surface area contributed by atoms with E-state index in [9.17, 15) is 14.0 Å². The predicted molar refractivity (Wildman–Crippen MR) is 135 cm³/mol. The first-order chi connectivity index (χ1) is 17.6. The number of halogens is 1. The molecule has 1 fully saturated rings. The molecule has 0 saturated heterocycles. The van der Waals surface area contributed by atoms with Crippen molar-refractivity contribution < 1.29 is 23.5 Å². The molecule has 0 unspecified atom stereocenters. The molecule has 37 heavy (non-hydrogen) atoms. The van der Waals surface area contributed by atoms with E-state index in [0.717, 1.165) is 5.69 Å². The summed E-state index contributed by atoms with van der Waals surface area (Å²) in [6.07, 6.45) is 2.20. The van der Waals surface area contributed by atoms with Crippen LogP contribution in [0.1, 0.15) is 56.7 Å². The fraction of sp³-hybridized carbons (Fsp3) is 0.423. The number of ether oxygens (including phenoxy) is 2. The van der Waals surface area contributed by atoms with Gasteiger partial charge in [0.05, 0.1) is 18.8 Å². The summed E-state index contributed by atoms with van der Waals surface area (Å²) >= 11 is 0. The number of alkyl halides is 1. The number of rotatable bonds is 8. The van der Waals surface area contributed by atoms with Gasteiger partial charge in [-0.25, -0.2) is 24.4 Å². The van der Waals surface area contributed by atoms with E-state index >= 15 is 0 Å². The number of amides is 1. The van der Waals surface area contributed by atoms with Gasteiger partial charge in [0, 0.05) is 29.1 Å². The average Bonchev–Trinajstić information content (AvgIpc) is 3.33. The second-order valence-corrected chi connectivity index (χ2v) is 9.99. The SMILES string of the molecule is CCOC(=O)c1cc(-c2ccc(N(CC3(c4ccccn4)CC(F)C3)NC(=O)OC(C)(C)C)nc2)n[nH]1. The van der Waals surface area contributed by atoms with Crippen molar-refractivity contribution >= 4 is 17.9 Å². The molecule has 3 heterocycles. The maximum atomic E-state index is 14.2. The number of carbonyl (C=O) groups excluding carboxylic acids is 2. The highest BCUT2D eigenvalue weighted by molar-refractivity contribution is 5.88. The van der Waals surface area contributed by atoms with E-state index < -0.39 is 29.3 Å². The third-order valence-corrected chi connectivity index (χ3v) is 5.91. The van der Waals surface area contributed by atoms with E-state index in [-0.39, 0.29) is 31.7 Å². The Bertz CT molecular complexity index is 1220. The molecule has 0 bridgehead atoms. The fourth-order valence-corrected chi connectivity index (χ4v) is 4.26. The average molecular weight is 511 g/mol. The van der Waals surface area contributed by atoms with Gasteiger partial charge >= 0.3 is 12.1 Å².